The molecule has 0 bridgehead atoms. The lowest BCUT2D eigenvalue weighted by atomic mass is 9.77. The Balaban J connectivity index is 1.55. The quantitative estimate of drug-likeness (QED) is 0.519. The molecule has 1 aromatic rings. The summed E-state index contributed by atoms with van der Waals surface area (Å²) >= 11 is 0. The van der Waals surface area contributed by atoms with Crippen LogP contribution in [0.5, 0.6) is 11.5 Å². The molecule has 7 heteroatoms. The molecule has 3 heterocycles. The molecule has 1 aromatic carbocycles. The van der Waals surface area contributed by atoms with Crippen molar-refractivity contribution in [3.8, 4) is 11.5 Å². The van der Waals surface area contributed by atoms with E-state index >= 15 is 0 Å². The van der Waals surface area contributed by atoms with Crippen molar-refractivity contribution in [2.24, 2.45) is 0 Å². The van der Waals surface area contributed by atoms with Gasteiger partial charge in [0.1, 0.15) is 6.10 Å². The average Bonchev–Trinajstić information content (AvgIpc) is 3.41. The van der Waals surface area contributed by atoms with E-state index in [1.165, 1.54) is 5.56 Å². The third-order valence-electron chi connectivity index (χ3n) is 7.91. The van der Waals surface area contributed by atoms with Gasteiger partial charge in [-0.05, 0) is 81.8 Å². The zero-order valence-corrected chi connectivity index (χ0v) is 20.0. The van der Waals surface area contributed by atoms with Gasteiger partial charge >= 0.3 is 5.97 Å². The van der Waals surface area contributed by atoms with Crippen LogP contribution in [-0.2, 0) is 16.0 Å². The summed E-state index contributed by atoms with van der Waals surface area (Å²) in [6.07, 6.45) is 4.88. The summed E-state index contributed by atoms with van der Waals surface area (Å²) in [6, 6.07) is 4.15. The number of carbonyl (C=O) groups is 1. The Morgan fingerprint density at radius 2 is 1.97 bits per heavy atom. The minimum absolute atomic E-state index is 0.0813. The van der Waals surface area contributed by atoms with Crippen molar-refractivity contribution >= 4 is 5.97 Å². The van der Waals surface area contributed by atoms with Crippen LogP contribution in [0.25, 0.3) is 0 Å². The highest BCUT2D eigenvalue weighted by Crippen LogP contribution is 2.55. The molecule has 1 spiro atoms. The zero-order valence-electron chi connectivity index (χ0n) is 20.0. The maximum absolute atomic E-state index is 13.4. The summed E-state index contributed by atoms with van der Waals surface area (Å²) in [4.78, 5) is 15.9. The van der Waals surface area contributed by atoms with Gasteiger partial charge in [0.05, 0.1) is 11.1 Å². The van der Waals surface area contributed by atoms with E-state index in [0.29, 0.717) is 0 Å². The Labute approximate surface area is 195 Å². The first-order valence-electron chi connectivity index (χ1n) is 12.1. The molecule has 0 amide bonds. The van der Waals surface area contributed by atoms with Gasteiger partial charge in [0.2, 0.25) is 6.79 Å². The van der Waals surface area contributed by atoms with E-state index in [1.807, 2.05) is 6.92 Å². The number of esters is 1. The highest BCUT2D eigenvalue weighted by Gasteiger charge is 2.57. The van der Waals surface area contributed by atoms with Gasteiger partial charge in [0.25, 0.3) is 0 Å². The van der Waals surface area contributed by atoms with Crippen LogP contribution >= 0.6 is 0 Å². The smallest absolute Gasteiger partial charge is 0.338 e. The highest BCUT2D eigenvalue weighted by atomic mass is 16.7. The van der Waals surface area contributed by atoms with E-state index in [2.05, 4.69) is 23.1 Å². The fourth-order valence-electron chi connectivity index (χ4n) is 6.48. The SMILES string of the molecule is CCC(O)(CC(C)(C)O)C(=O)OC1C(C)=C[C@]23CCCN2CCc2cc4c(cc2[C@H]13)OCO4. The van der Waals surface area contributed by atoms with Crippen molar-refractivity contribution < 1.29 is 29.2 Å². The van der Waals surface area contributed by atoms with Crippen LogP contribution in [0.1, 0.15) is 70.4 Å². The predicted octanol–water partition coefficient (Wildman–Crippen LogP) is 3.06. The van der Waals surface area contributed by atoms with E-state index in [0.717, 1.165) is 55.0 Å². The lowest BCUT2D eigenvalue weighted by Crippen LogP contribution is -2.50. The second-order valence-electron chi connectivity index (χ2n) is 10.8. The van der Waals surface area contributed by atoms with Crippen LogP contribution in [0.3, 0.4) is 0 Å². The van der Waals surface area contributed by atoms with Gasteiger partial charge in [-0.3, -0.25) is 4.90 Å². The number of hydrogen-bond donors (Lipinski definition) is 2. The average molecular weight is 458 g/mol. The molecule has 0 radical (unpaired) electrons. The Kier molecular flexibility index (Phi) is 5.31. The van der Waals surface area contributed by atoms with Gasteiger partial charge in [-0.2, -0.15) is 0 Å². The summed E-state index contributed by atoms with van der Waals surface area (Å²) in [5.74, 6) is 0.751. The minimum Gasteiger partial charge on any atom is -0.455 e. The van der Waals surface area contributed by atoms with Crippen LogP contribution < -0.4 is 9.47 Å². The zero-order chi connectivity index (χ0) is 23.6. The molecule has 3 aliphatic heterocycles. The van der Waals surface area contributed by atoms with Gasteiger partial charge in [-0.25, -0.2) is 4.79 Å². The molecular formula is C26H35NO6. The first-order chi connectivity index (χ1) is 15.6. The van der Waals surface area contributed by atoms with Crippen LogP contribution in [0.15, 0.2) is 23.8 Å². The molecule has 1 aliphatic carbocycles. The maximum Gasteiger partial charge on any atom is 0.338 e. The maximum atomic E-state index is 13.4. The monoisotopic (exact) mass is 457 g/mol. The molecule has 1 fully saturated rings. The molecule has 5 rings (SSSR count). The standard InChI is InChI=1S/C26H35NO6/c1-5-26(30,14-24(3,4)29)23(28)33-22-16(2)13-25-8-6-9-27(25)10-7-17-11-19-20(32-15-31-19)12-18(17)21(22)25/h11-13,21-22,29-30H,5-10,14-15H2,1-4H3/t21-,22?,25+,26?/m1/s1. The van der Waals surface area contributed by atoms with E-state index in [-0.39, 0.29) is 31.1 Å². The van der Waals surface area contributed by atoms with E-state index in [9.17, 15) is 15.0 Å². The highest BCUT2D eigenvalue weighted by molar-refractivity contribution is 5.80. The van der Waals surface area contributed by atoms with E-state index in [4.69, 9.17) is 14.2 Å². The number of rotatable bonds is 5. The first-order valence-corrected chi connectivity index (χ1v) is 12.1. The molecule has 1 saturated heterocycles. The lowest BCUT2D eigenvalue weighted by Gasteiger charge is -2.40. The van der Waals surface area contributed by atoms with Crippen molar-refractivity contribution in [1.82, 2.24) is 4.90 Å². The van der Waals surface area contributed by atoms with Crippen LogP contribution in [0.4, 0.5) is 0 Å². The number of hydrogen-bond acceptors (Lipinski definition) is 7. The Hall–Kier alpha value is -2.09. The number of carbonyl (C=O) groups excluding carboxylic acids is 1. The first kappa shape index (κ1) is 22.7. The fraction of sp³-hybridized carbons (Fsp3) is 0.654. The summed E-state index contributed by atoms with van der Waals surface area (Å²) in [5, 5.41) is 21.4. The molecule has 2 unspecified atom stereocenters. The van der Waals surface area contributed by atoms with Crippen LogP contribution in [0.2, 0.25) is 0 Å². The molecule has 180 valence electrons. The number of benzene rings is 1. The van der Waals surface area contributed by atoms with Gasteiger partial charge in [-0.15, -0.1) is 0 Å². The minimum atomic E-state index is -1.74. The Morgan fingerprint density at radius 3 is 2.67 bits per heavy atom. The van der Waals surface area contributed by atoms with Crippen molar-refractivity contribution in [2.75, 3.05) is 19.9 Å². The molecule has 0 aromatic heterocycles. The fourth-order valence-corrected chi connectivity index (χ4v) is 6.48. The number of fused-ring (bicyclic) bond motifs is 3. The predicted molar refractivity (Wildman–Crippen MR) is 122 cm³/mol. The van der Waals surface area contributed by atoms with Crippen molar-refractivity contribution in [3.05, 3.63) is 34.9 Å². The van der Waals surface area contributed by atoms with Crippen molar-refractivity contribution in [2.45, 2.75) is 88.6 Å². The molecule has 4 atom stereocenters. The molecule has 2 N–H and O–H groups in total. The number of nitrogens with zero attached hydrogens (tertiary/aromatic N) is 1. The molecule has 0 saturated carbocycles. The van der Waals surface area contributed by atoms with Crippen molar-refractivity contribution in [3.63, 3.8) is 0 Å². The topological polar surface area (TPSA) is 88.5 Å². The molecule has 33 heavy (non-hydrogen) atoms. The van der Waals surface area contributed by atoms with Crippen LogP contribution in [-0.4, -0.2) is 63.8 Å². The Morgan fingerprint density at radius 1 is 1.24 bits per heavy atom. The normalized spacial score (nSPS) is 30.1. The number of ether oxygens (including phenoxy) is 3. The van der Waals surface area contributed by atoms with Gasteiger partial charge in [0, 0.05) is 18.9 Å². The third-order valence-corrected chi connectivity index (χ3v) is 7.91. The molecular weight excluding hydrogens is 422 g/mol. The molecule has 7 nitrogen and oxygen atoms in total. The van der Waals surface area contributed by atoms with Crippen molar-refractivity contribution in [1.29, 1.82) is 0 Å². The third kappa shape index (κ3) is 3.65. The summed E-state index contributed by atoms with van der Waals surface area (Å²) in [6.45, 7) is 9.12. The van der Waals surface area contributed by atoms with Gasteiger partial charge in [-0.1, -0.05) is 13.0 Å². The van der Waals surface area contributed by atoms with Crippen LogP contribution in [0, 0.1) is 0 Å². The summed E-state index contributed by atoms with van der Waals surface area (Å²) in [7, 11) is 0. The van der Waals surface area contributed by atoms with Gasteiger partial charge < -0.3 is 24.4 Å². The largest absolute Gasteiger partial charge is 0.455 e. The van der Waals surface area contributed by atoms with E-state index in [1.54, 1.807) is 20.8 Å². The summed E-state index contributed by atoms with van der Waals surface area (Å²) < 4.78 is 17.5. The van der Waals surface area contributed by atoms with E-state index < -0.39 is 23.3 Å². The number of aliphatic hydroxyl groups is 2. The van der Waals surface area contributed by atoms with Gasteiger partial charge in [0.15, 0.2) is 17.1 Å². The Bertz CT molecular complexity index is 997. The molecule has 4 aliphatic rings. The lowest BCUT2D eigenvalue weighted by molar-refractivity contribution is -0.177. The second kappa shape index (κ2) is 7.72. The summed E-state index contributed by atoms with van der Waals surface area (Å²) in [5.41, 5.74) is 0.190. The second-order valence-corrected chi connectivity index (χ2v) is 10.8.